The van der Waals surface area contributed by atoms with Gasteiger partial charge < -0.3 is 5.11 Å². The number of hydrogen-bond donors (Lipinski definition) is 2. The van der Waals surface area contributed by atoms with Gasteiger partial charge in [-0.25, -0.2) is 4.39 Å². The molecule has 0 aliphatic heterocycles. The molecule has 2 aromatic rings. The third-order valence-electron chi connectivity index (χ3n) is 3.05. The fraction of sp³-hybridized carbons (Fsp3) is 0.357. The highest BCUT2D eigenvalue weighted by molar-refractivity contribution is 6.31. The minimum absolute atomic E-state index is 0.0439. The van der Waals surface area contributed by atoms with Crippen molar-refractivity contribution in [2.45, 2.75) is 20.0 Å². The van der Waals surface area contributed by atoms with Crippen LogP contribution in [0.2, 0.25) is 5.02 Å². The molecule has 4 nitrogen and oxygen atoms in total. The van der Waals surface area contributed by atoms with Gasteiger partial charge in [-0.05, 0) is 24.6 Å². The maximum Gasteiger partial charge on any atom is 0.123 e. The summed E-state index contributed by atoms with van der Waals surface area (Å²) < 4.78 is 12.9. The Kier molecular flexibility index (Phi) is 5.11. The van der Waals surface area contributed by atoms with E-state index in [1.54, 1.807) is 12.1 Å². The molecule has 0 bridgehead atoms. The number of nitrogens with zero attached hydrogens (tertiary/aromatic N) is 2. The van der Waals surface area contributed by atoms with Crippen molar-refractivity contribution in [3.05, 3.63) is 52.1 Å². The highest BCUT2D eigenvalue weighted by Gasteiger charge is 2.13. The number of aromatic amines is 1. The zero-order valence-electron chi connectivity index (χ0n) is 11.2. The summed E-state index contributed by atoms with van der Waals surface area (Å²) in [6.45, 7) is 3.53. The predicted molar refractivity (Wildman–Crippen MR) is 75.9 cm³/mol. The topological polar surface area (TPSA) is 52.2 Å². The summed E-state index contributed by atoms with van der Waals surface area (Å²) in [6.07, 6.45) is 0. The smallest absolute Gasteiger partial charge is 0.123 e. The summed E-state index contributed by atoms with van der Waals surface area (Å²) in [5.74, 6) is -0.256. The van der Waals surface area contributed by atoms with E-state index in [-0.39, 0.29) is 12.4 Å². The van der Waals surface area contributed by atoms with Crippen molar-refractivity contribution in [1.82, 2.24) is 15.1 Å². The lowest BCUT2D eigenvalue weighted by Gasteiger charge is -2.20. The van der Waals surface area contributed by atoms with Crippen molar-refractivity contribution >= 4 is 11.6 Å². The molecule has 1 aromatic carbocycles. The zero-order valence-corrected chi connectivity index (χ0v) is 12.0. The van der Waals surface area contributed by atoms with Crippen LogP contribution in [0.1, 0.15) is 17.0 Å². The maximum atomic E-state index is 12.9. The number of hydrogen-bond acceptors (Lipinski definition) is 3. The Morgan fingerprint density at radius 3 is 2.55 bits per heavy atom. The van der Waals surface area contributed by atoms with Crippen LogP contribution in [-0.2, 0) is 13.1 Å². The molecule has 1 heterocycles. The Balaban J connectivity index is 2.07. The maximum absolute atomic E-state index is 12.9. The number of aliphatic hydroxyl groups is 1. The van der Waals surface area contributed by atoms with Gasteiger partial charge in [0.15, 0.2) is 0 Å². The van der Waals surface area contributed by atoms with E-state index in [2.05, 4.69) is 10.2 Å². The van der Waals surface area contributed by atoms with Gasteiger partial charge in [0, 0.05) is 19.6 Å². The summed E-state index contributed by atoms with van der Waals surface area (Å²) in [7, 11) is 0. The van der Waals surface area contributed by atoms with Crippen LogP contribution in [0, 0.1) is 12.7 Å². The van der Waals surface area contributed by atoms with Crippen molar-refractivity contribution in [1.29, 1.82) is 0 Å². The quantitative estimate of drug-likeness (QED) is 0.861. The second-order valence-corrected chi connectivity index (χ2v) is 5.05. The first kappa shape index (κ1) is 15.0. The third kappa shape index (κ3) is 3.79. The molecule has 1 aromatic heterocycles. The fourth-order valence-electron chi connectivity index (χ4n) is 1.99. The Morgan fingerprint density at radius 1 is 1.30 bits per heavy atom. The van der Waals surface area contributed by atoms with E-state index in [4.69, 9.17) is 16.7 Å². The second kappa shape index (κ2) is 6.83. The first-order chi connectivity index (χ1) is 9.60. The van der Waals surface area contributed by atoms with Crippen LogP contribution in [0.4, 0.5) is 4.39 Å². The molecule has 0 aliphatic rings. The first-order valence-electron chi connectivity index (χ1n) is 6.37. The van der Waals surface area contributed by atoms with Gasteiger partial charge in [0.05, 0.1) is 23.0 Å². The molecule has 2 N–H and O–H groups in total. The lowest BCUT2D eigenvalue weighted by atomic mass is 10.2. The van der Waals surface area contributed by atoms with Gasteiger partial charge in [-0.2, -0.15) is 5.10 Å². The minimum Gasteiger partial charge on any atom is -0.395 e. The molecule has 20 heavy (non-hydrogen) atoms. The molecular formula is C14H17ClFN3O. The molecule has 0 saturated heterocycles. The summed E-state index contributed by atoms with van der Waals surface area (Å²) in [6, 6.07) is 6.32. The molecule has 0 radical (unpaired) electrons. The first-order valence-corrected chi connectivity index (χ1v) is 6.75. The van der Waals surface area contributed by atoms with Gasteiger partial charge in [0.1, 0.15) is 5.82 Å². The van der Waals surface area contributed by atoms with E-state index >= 15 is 0 Å². The van der Waals surface area contributed by atoms with Crippen LogP contribution in [0.15, 0.2) is 24.3 Å². The Hall–Kier alpha value is -1.43. The SMILES string of the molecule is Cc1[nH]nc(CN(CCO)Cc2ccc(F)cc2)c1Cl. The Morgan fingerprint density at radius 2 is 2.00 bits per heavy atom. The largest absolute Gasteiger partial charge is 0.395 e. The summed E-state index contributed by atoms with van der Waals surface area (Å²) in [5, 5.41) is 16.8. The van der Waals surface area contributed by atoms with E-state index in [9.17, 15) is 4.39 Å². The van der Waals surface area contributed by atoms with Crippen LogP contribution < -0.4 is 0 Å². The highest BCUT2D eigenvalue weighted by Crippen LogP contribution is 2.19. The van der Waals surface area contributed by atoms with Gasteiger partial charge in [0.25, 0.3) is 0 Å². The molecule has 0 fully saturated rings. The standard InChI is InChI=1S/C14H17ClFN3O/c1-10-14(15)13(18-17-10)9-19(6-7-20)8-11-2-4-12(16)5-3-11/h2-5,20H,6-9H2,1H3,(H,17,18). The number of aryl methyl sites for hydroxylation is 1. The highest BCUT2D eigenvalue weighted by atomic mass is 35.5. The Labute approximate surface area is 122 Å². The van der Waals surface area contributed by atoms with Crippen LogP contribution >= 0.6 is 11.6 Å². The lowest BCUT2D eigenvalue weighted by molar-refractivity contribution is 0.183. The van der Waals surface area contributed by atoms with Gasteiger partial charge in [-0.1, -0.05) is 23.7 Å². The molecule has 0 spiro atoms. The molecular weight excluding hydrogens is 281 g/mol. The number of aliphatic hydroxyl groups excluding tert-OH is 1. The van der Waals surface area contributed by atoms with Crippen LogP contribution in [0.25, 0.3) is 0 Å². The molecule has 0 atom stereocenters. The van der Waals surface area contributed by atoms with Crippen molar-refractivity contribution in [2.24, 2.45) is 0 Å². The molecule has 0 amide bonds. The van der Waals surface area contributed by atoms with Gasteiger partial charge in [-0.15, -0.1) is 0 Å². The summed E-state index contributed by atoms with van der Waals surface area (Å²) in [5.41, 5.74) is 2.55. The van der Waals surface area contributed by atoms with Crippen LogP contribution in [0.3, 0.4) is 0 Å². The fourth-order valence-corrected chi connectivity index (χ4v) is 2.13. The monoisotopic (exact) mass is 297 g/mol. The molecule has 0 unspecified atom stereocenters. The zero-order chi connectivity index (χ0) is 14.5. The van der Waals surface area contributed by atoms with Crippen LogP contribution in [-0.4, -0.2) is 33.4 Å². The van der Waals surface area contributed by atoms with E-state index in [1.165, 1.54) is 12.1 Å². The van der Waals surface area contributed by atoms with Crippen molar-refractivity contribution in [3.63, 3.8) is 0 Å². The van der Waals surface area contributed by atoms with Crippen molar-refractivity contribution in [2.75, 3.05) is 13.2 Å². The molecule has 2 rings (SSSR count). The van der Waals surface area contributed by atoms with Crippen molar-refractivity contribution < 1.29 is 9.50 Å². The summed E-state index contributed by atoms with van der Waals surface area (Å²) in [4.78, 5) is 2.01. The number of H-pyrrole nitrogens is 1. The van der Waals surface area contributed by atoms with Gasteiger partial charge in [-0.3, -0.25) is 10.00 Å². The van der Waals surface area contributed by atoms with E-state index in [0.29, 0.717) is 24.7 Å². The minimum atomic E-state index is -0.256. The average molecular weight is 298 g/mol. The van der Waals surface area contributed by atoms with E-state index in [1.807, 2.05) is 11.8 Å². The predicted octanol–water partition coefficient (Wildman–Crippen LogP) is 2.51. The number of benzene rings is 1. The number of halogens is 2. The number of nitrogens with one attached hydrogen (secondary N) is 1. The third-order valence-corrected chi connectivity index (χ3v) is 3.55. The molecule has 0 aliphatic carbocycles. The number of rotatable bonds is 6. The second-order valence-electron chi connectivity index (χ2n) is 4.67. The lowest BCUT2D eigenvalue weighted by Crippen LogP contribution is -2.26. The van der Waals surface area contributed by atoms with E-state index in [0.717, 1.165) is 17.0 Å². The van der Waals surface area contributed by atoms with Crippen LogP contribution in [0.5, 0.6) is 0 Å². The number of aromatic nitrogens is 2. The Bertz CT molecular complexity index is 556. The summed E-state index contributed by atoms with van der Waals surface area (Å²) >= 11 is 6.14. The van der Waals surface area contributed by atoms with Gasteiger partial charge in [0.2, 0.25) is 0 Å². The van der Waals surface area contributed by atoms with Gasteiger partial charge >= 0.3 is 0 Å². The molecule has 6 heteroatoms. The van der Waals surface area contributed by atoms with Crippen molar-refractivity contribution in [3.8, 4) is 0 Å². The normalized spacial score (nSPS) is 11.2. The van der Waals surface area contributed by atoms with E-state index < -0.39 is 0 Å². The average Bonchev–Trinajstić information content (AvgIpc) is 2.74. The molecule has 108 valence electrons. The molecule has 0 saturated carbocycles.